The molecule has 0 fully saturated rings. The molecule has 0 bridgehead atoms. The highest BCUT2D eigenvalue weighted by Crippen LogP contribution is 2.36. The highest BCUT2D eigenvalue weighted by Gasteiger charge is 2.21. The van der Waals surface area contributed by atoms with Gasteiger partial charge < -0.3 is 14.2 Å². The molecular formula is C21H18N2O4S. The number of thiazole rings is 1. The van der Waals surface area contributed by atoms with Crippen LogP contribution < -0.4 is 9.47 Å². The number of para-hydroxylation sites is 1. The largest absolute Gasteiger partial charge is 0.490 e. The van der Waals surface area contributed by atoms with E-state index in [9.17, 15) is 4.79 Å². The van der Waals surface area contributed by atoms with Crippen molar-refractivity contribution < 1.29 is 19.0 Å². The second-order valence-electron chi connectivity index (χ2n) is 6.00. The van der Waals surface area contributed by atoms with Gasteiger partial charge in [0.25, 0.3) is 0 Å². The van der Waals surface area contributed by atoms with Crippen molar-refractivity contribution in [3.63, 3.8) is 0 Å². The number of benzene rings is 1. The van der Waals surface area contributed by atoms with Crippen molar-refractivity contribution in [3.05, 3.63) is 64.8 Å². The van der Waals surface area contributed by atoms with Crippen LogP contribution in [0.1, 0.15) is 18.2 Å². The summed E-state index contributed by atoms with van der Waals surface area (Å²) in [6.45, 7) is 2.71. The second kappa shape index (κ2) is 8.22. The van der Waals surface area contributed by atoms with E-state index in [2.05, 4.69) is 9.97 Å². The molecule has 6 nitrogen and oxygen atoms in total. The molecule has 0 saturated carbocycles. The van der Waals surface area contributed by atoms with Crippen LogP contribution in [0.5, 0.6) is 11.5 Å². The van der Waals surface area contributed by atoms with E-state index in [0.29, 0.717) is 29.4 Å². The lowest BCUT2D eigenvalue weighted by atomic mass is 10.1. The highest BCUT2D eigenvalue weighted by molar-refractivity contribution is 7.13. The Morgan fingerprint density at radius 2 is 2.18 bits per heavy atom. The fraction of sp³-hybridized carbons (Fsp3) is 0.190. The molecule has 0 aliphatic carbocycles. The Morgan fingerprint density at radius 3 is 3.00 bits per heavy atom. The monoisotopic (exact) mass is 394 g/mol. The van der Waals surface area contributed by atoms with Gasteiger partial charge in [0.1, 0.15) is 18.2 Å². The molecule has 3 aromatic rings. The molecule has 0 unspecified atom stereocenters. The lowest BCUT2D eigenvalue weighted by molar-refractivity contribution is -0.140. The lowest BCUT2D eigenvalue weighted by Crippen LogP contribution is -2.17. The van der Waals surface area contributed by atoms with Crippen LogP contribution in [0, 0.1) is 0 Å². The SMILES string of the molecule is CCOc1cccc2c1OCC(C(=O)OCc1csc(-c3ccccn3)n1)=C2. The van der Waals surface area contributed by atoms with Crippen molar-refractivity contribution in [2.24, 2.45) is 0 Å². The van der Waals surface area contributed by atoms with E-state index < -0.39 is 5.97 Å². The Labute approximate surface area is 166 Å². The number of hydrogen-bond acceptors (Lipinski definition) is 7. The first-order chi connectivity index (χ1) is 13.7. The average molecular weight is 394 g/mol. The second-order valence-corrected chi connectivity index (χ2v) is 6.86. The van der Waals surface area contributed by atoms with E-state index in [4.69, 9.17) is 14.2 Å². The molecule has 142 valence electrons. The van der Waals surface area contributed by atoms with Crippen LogP contribution in [0.4, 0.5) is 0 Å². The molecule has 2 aromatic heterocycles. The molecule has 4 rings (SSSR count). The summed E-state index contributed by atoms with van der Waals surface area (Å²) in [7, 11) is 0. The molecule has 1 aliphatic heterocycles. The average Bonchev–Trinajstić information content (AvgIpc) is 3.22. The standard InChI is InChI=1S/C21H18N2O4S/c1-2-25-18-8-5-6-14-10-15(11-26-19(14)18)21(24)27-12-16-13-28-20(23-16)17-7-3-4-9-22-17/h3-10,13H,2,11-12H2,1H3. The van der Waals surface area contributed by atoms with Crippen LogP contribution in [0.2, 0.25) is 0 Å². The number of carbonyl (C=O) groups is 1. The quantitative estimate of drug-likeness (QED) is 0.586. The first-order valence-electron chi connectivity index (χ1n) is 8.86. The number of aromatic nitrogens is 2. The number of esters is 1. The Hall–Kier alpha value is -3.19. The maximum absolute atomic E-state index is 12.4. The van der Waals surface area contributed by atoms with Crippen molar-refractivity contribution in [3.8, 4) is 22.2 Å². The van der Waals surface area contributed by atoms with Gasteiger partial charge in [0.2, 0.25) is 0 Å². The molecular weight excluding hydrogens is 376 g/mol. The molecule has 0 N–H and O–H groups in total. The number of hydrogen-bond donors (Lipinski definition) is 0. The van der Waals surface area contributed by atoms with Gasteiger partial charge in [0, 0.05) is 17.1 Å². The van der Waals surface area contributed by atoms with Crippen LogP contribution in [-0.2, 0) is 16.1 Å². The van der Waals surface area contributed by atoms with E-state index in [0.717, 1.165) is 16.3 Å². The Morgan fingerprint density at radius 1 is 1.25 bits per heavy atom. The first-order valence-corrected chi connectivity index (χ1v) is 9.74. The number of pyridine rings is 1. The zero-order valence-electron chi connectivity index (χ0n) is 15.3. The van der Waals surface area contributed by atoms with Crippen molar-refractivity contribution in [2.75, 3.05) is 13.2 Å². The number of carbonyl (C=O) groups excluding carboxylic acids is 1. The number of fused-ring (bicyclic) bond motifs is 1. The minimum Gasteiger partial charge on any atom is -0.490 e. The first kappa shape index (κ1) is 18.2. The molecule has 1 aliphatic rings. The van der Waals surface area contributed by atoms with Crippen molar-refractivity contribution in [1.29, 1.82) is 0 Å². The van der Waals surface area contributed by atoms with Crippen LogP contribution in [0.25, 0.3) is 16.8 Å². The van der Waals surface area contributed by atoms with E-state index >= 15 is 0 Å². The number of rotatable bonds is 6. The third-order valence-electron chi connectivity index (χ3n) is 4.06. The smallest absolute Gasteiger partial charge is 0.337 e. The van der Waals surface area contributed by atoms with Gasteiger partial charge in [-0.2, -0.15) is 0 Å². The maximum Gasteiger partial charge on any atom is 0.337 e. The van der Waals surface area contributed by atoms with E-state index in [1.165, 1.54) is 11.3 Å². The summed E-state index contributed by atoms with van der Waals surface area (Å²) in [4.78, 5) is 21.2. The van der Waals surface area contributed by atoms with Gasteiger partial charge in [0.15, 0.2) is 11.5 Å². The topological polar surface area (TPSA) is 70.5 Å². The van der Waals surface area contributed by atoms with E-state index in [-0.39, 0.29) is 13.2 Å². The maximum atomic E-state index is 12.4. The van der Waals surface area contributed by atoms with E-state index in [1.807, 2.05) is 48.7 Å². The fourth-order valence-electron chi connectivity index (χ4n) is 2.78. The Bertz CT molecular complexity index is 1010. The number of ether oxygens (including phenoxy) is 3. The summed E-state index contributed by atoms with van der Waals surface area (Å²) >= 11 is 1.47. The summed E-state index contributed by atoms with van der Waals surface area (Å²) in [5.41, 5.74) is 2.75. The Balaban J connectivity index is 1.42. The molecule has 1 aromatic carbocycles. The van der Waals surface area contributed by atoms with Gasteiger partial charge in [-0.25, -0.2) is 9.78 Å². The van der Waals surface area contributed by atoms with Crippen molar-refractivity contribution in [1.82, 2.24) is 9.97 Å². The van der Waals surface area contributed by atoms with Crippen molar-refractivity contribution >= 4 is 23.4 Å². The third kappa shape index (κ3) is 3.89. The predicted octanol–water partition coefficient (Wildman–Crippen LogP) is 4.12. The zero-order chi connectivity index (χ0) is 19.3. The molecule has 0 spiro atoms. The molecule has 0 saturated heterocycles. The summed E-state index contributed by atoms with van der Waals surface area (Å²) in [6.07, 6.45) is 3.50. The summed E-state index contributed by atoms with van der Waals surface area (Å²) < 4.78 is 16.7. The minimum atomic E-state index is -0.417. The van der Waals surface area contributed by atoms with Gasteiger partial charge in [-0.1, -0.05) is 18.2 Å². The highest BCUT2D eigenvalue weighted by atomic mass is 32.1. The minimum absolute atomic E-state index is 0.103. The van der Waals surface area contributed by atoms with E-state index in [1.54, 1.807) is 12.3 Å². The van der Waals surface area contributed by atoms with Crippen LogP contribution in [-0.4, -0.2) is 29.2 Å². The van der Waals surface area contributed by atoms with Gasteiger partial charge in [-0.15, -0.1) is 11.3 Å². The summed E-state index contributed by atoms with van der Waals surface area (Å²) in [5, 5.41) is 2.66. The van der Waals surface area contributed by atoms with Crippen LogP contribution in [0.3, 0.4) is 0 Å². The molecule has 0 radical (unpaired) electrons. The predicted molar refractivity (Wildman–Crippen MR) is 106 cm³/mol. The molecule has 0 atom stereocenters. The normalized spacial score (nSPS) is 12.5. The number of nitrogens with zero attached hydrogens (tertiary/aromatic N) is 2. The lowest BCUT2D eigenvalue weighted by Gasteiger charge is -2.19. The Kier molecular flexibility index (Phi) is 5.34. The summed E-state index contributed by atoms with van der Waals surface area (Å²) in [6, 6.07) is 11.3. The third-order valence-corrected chi connectivity index (χ3v) is 4.97. The van der Waals surface area contributed by atoms with Crippen molar-refractivity contribution in [2.45, 2.75) is 13.5 Å². The fourth-order valence-corrected chi connectivity index (χ4v) is 3.56. The van der Waals surface area contributed by atoms with Gasteiger partial charge >= 0.3 is 5.97 Å². The van der Waals surface area contributed by atoms with Gasteiger partial charge in [-0.05, 0) is 31.2 Å². The van der Waals surface area contributed by atoms with Crippen LogP contribution >= 0.6 is 11.3 Å². The zero-order valence-corrected chi connectivity index (χ0v) is 16.1. The molecule has 7 heteroatoms. The van der Waals surface area contributed by atoms with Crippen LogP contribution in [0.15, 0.2) is 53.5 Å². The molecule has 3 heterocycles. The van der Waals surface area contributed by atoms with Gasteiger partial charge in [-0.3, -0.25) is 4.98 Å². The molecule has 28 heavy (non-hydrogen) atoms. The summed E-state index contributed by atoms with van der Waals surface area (Å²) in [5.74, 6) is 0.911. The van der Waals surface area contributed by atoms with Gasteiger partial charge in [0.05, 0.1) is 23.6 Å². The molecule has 0 amide bonds.